The number of rotatable bonds is 5. The average molecular weight is 312 g/mol. The Morgan fingerprint density at radius 2 is 2.00 bits per heavy atom. The van der Waals surface area contributed by atoms with Crippen LogP contribution in [0.25, 0.3) is 0 Å². The molecule has 0 unspecified atom stereocenters. The fraction of sp³-hybridized carbons (Fsp3) is 0.353. The summed E-state index contributed by atoms with van der Waals surface area (Å²) in [6.45, 7) is 4.15. The van der Waals surface area contributed by atoms with E-state index in [-0.39, 0.29) is 5.91 Å². The molecule has 23 heavy (non-hydrogen) atoms. The molecule has 2 heterocycles. The molecule has 1 aliphatic heterocycles. The topological polar surface area (TPSA) is 67.3 Å². The maximum atomic E-state index is 12.2. The summed E-state index contributed by atoms with van der Waals surface area (Å²) in [5, 5.41) is 3.17. The summed E-state index contributed by atoms with van der Waals surface area (Å²) in [5.74, 6) is 1.29. The smallest absolute Gasteiger partial charge is 0.274 e. The summed E-state index contributed by atoms with van der Waals surface area (Å²) in [4.78, 5) is 22.6. The summed E-state index contributed by atoms with van der Waals surface area (Å²) in [6, 6.07) is 7.64. The van der Waals surface area contributed by atoms with E-state index in [0.29, 0.717) is 18.1 Å². The molecule has 1 aromatic heterocycles. The van der Waals surface area contributed by atoms with Crippen LogP contribution in [-0.2, 0) is 0 Å². The van der Waals surface area contributed by atoms with Gasteiger partial charge in [0.1, 0.15) is 17.3 Å². The number of nitrogens with one attached hydrogen (secondary N) is 1. The fourth-order valence-corrected chi connectivity index (χ4v) is 2.57. The van der Waals surface area contributed by atoms with Crippen molar-refractivity contribution in [3.05, 3.63) is 42.4 Å². The van der Waals surface area contributed by atoms with E-state index in [9.17, 15) is 4.79 Å². The van der Waals surface area contributed by atoms with Crippen molar-refractivity contribution >= 4 is 17.4 Å². The van der Waals surface area contributed by atoms with Crippen LogP contribution in [0.5, 0.6) is 5.75 Å². The first-order valence-corrected chi connectivity index (χ1v) is 7.88. The molecule has 1 amide bonds. The molecule has 1 aromatic carbocycles. The summed E-state index contributed by atoms with van der Waals surface area (Å²) in [7, 11) is 0. The van der Waals surface area contributed by atoms with Crippen LogP contribution >= 0.6 is 0 Å². The van der Waals surface area contributed by atoms with Gasteiger partial charge in [0, 0.05) is 13.1 Å². The number of carbonyl (C=O) groups excluding carboxylic acids is 1. The summed E-state index contributed by atoms with van der Waals surface area (Å²) in [6.07, 6.45) is 5.22. The van der Waals surface area contributed by atoms with Crippen LogP contribution in [0, 0.1) is 0 Å². The summed E-state index contributed by atoms with van der Waals surface area (Å²) < 4.78 is 5.57. The van der Waals surface area contributed by atoms with Gasteiger partial charge in [0.05, 0.1) is 24.7 Å². The van der Waals surface area contributed by atoms with Crippen molar-refractivity contribution in [1.82, 2.24) is 14.9 Å². The molecule has 6 heteroatoms. The molecule has 1 N–H and O–H groups in total. The van der Waals surface area contributed by atoms with Crippen LogP contribution < -0.4 is 10.1 Å². The maximum Gasteiger partial charge on any atom is 0.274 e. The minimum Gasteiger partial charge on any atom is -0.492 e. The molecule has 6 nitrogen and oxygen atoms in total. The van der Waals surface area contributed by atoms with Gasteiger partial charge >= 0.3 is 0 Å². The van der Waals surface area contributed by atoms with Crippen molar-refractivity contribution in [2.24, 2.45) is 0 Å². The van der Waals surface area contributed by atoms with Gasteiger partial charge in [-0.25, -0.2) is 9.97 Å². The molecule has 2 aromatic rings. The number of likely N-dealkylation sites (tertiary alicyclic amines) is 1. The van der Waals surface area contributed by atoms with Gasteiger partial charge in [0.2, 0.25) is 0 Å². The number of benzene rings is 1. The van der Waals surface area contributed by atoms with E-state index < -0.39 is 0 Å². The van der Waals surface area contributed by atoms with Gasteiger partial charge in [-0.1, -0.05) is 12.1 Å². The van der Waals surface area contributed by atoms with Crippen molar-refractivity contribution in [2.75, 3.05) is 25.0 Å². The Kier molecular flexibility index (Phi) is 4.71. The highest BCUT2D eigenvalue weighted by atomic mass is 16.5. The Hall–Kier alpha value is -2.63. The Morgan fingerprint density at radius 3 is 2.70 bits per heavy atom. The predicted molar refractivity (Wildman–Crippen MR) is 88.1 cm³/mol. The zero-order valence-electron chi connectivity index (χ0n) is 13.2. The third kappa shape index (κ3) is 3.59. The van der Waals surface area contributed by atoms with E-state index in [1.165, 1.54) is 6.20 Å². The van der Waals surface area contributed by atoms with E-state index >= 15 is 0 Å². The van der Waals surface area contributed by atoms with Crippen LogP contribution in [-0.4, -0.2) is 40.5 Å². The van der Waals surface area contributed by atoms with Crippen LogP contribution in [0.1, 0.15) is 30.3 Å². The Balaban J connectivity index is 1.71. The van der Waals surface area contributed by atoms with Crippen LogP contribution in [0.2, 0.25) is 0 Å². The second-order valence-electron chi connectivity index (χ2n) is 5.34. The number of nitrogens with zero attached hydrogens (tertiary/aromatic N) is 3. The molecule has 0 radical (unpaired) electrons. The second-order valence-corrected chi connectivity index (χ2v) is 5.34. The standard InChI is InChI=1S/C17H20N4O2/c1-2-23-15-8-4-3-7-13(15)20-16-12-18-14(11-19-16)17(22)21-9-5-6-10-21/h3-4,7-8,11-12H,2,5-6,9-10H2,1H3,(H,19,20). The molecule has 0 spiro atoms. The van der Waals surface area contributed by atoms with E-state index in [2.05, 4.69) is 15.3 Å². The molecule has 3 rings (SSSR count). The van der Waals surface area contributed by atoms with Crippen LogP contribution in [0.4, 0.5) is 11.5 Å². The molecule has 1 aliphatic rings. The van der Waals surface area contributed by atoms with Gasteiger partial charge in [0.25, 0.3) is 5.91 Å². The van der Waals surface area contributed by atoms with Crippen molar-refractivity contribution in [2.45, 2.75) is 19.8 Å². The van der Waals surface area contributed by atoms with E-state index in [1.54, 1.807) is 6.20 Å². The Morgan fingerprint density at radius 1 is 1.22 bits per heavy atom. The Labute approximate surface area is 135 Å². The third-order valence-corrected chi connectivity index (χ3v) is 3.71. The number of carbonyl (C=O) groups is 1. The summed E-state index contributed by atoms with van der Waals surface area (Å²) >= 11 is 0. The summed E-state index contributed by atoms with van der Waals surface area (Å²) in [5.41, 5.74) is 1.21. The lowest BCUT2D eigenvalue weighted by Crippen LogP contribution is -2.28. The predicted octanol–water partition coefficient (Wildman–Crippen LogP) is 2.85. The van der Waals surface area contributed by atoms with Crippen molar-refractivity contribution in [3.63, 3.8) is 0 Å². The van der Waals surface area contributed by atoms with E-state index in [1.807, 2.05) is 36.1 Å². The highest BCUT2D eigenvalue weighted by Gasteiger charge is 2.20. The van der Waals surface area contributed by atoms with Crippen molar-refractivity contribution < 1.29 is 9.53 Å². The van der Waals surface area contributed by atoms with Crippen molar-refractivity contribution in [3.8, 4) is 5.75 Å². The highest BCUT2D eigenvalue weighted by Crippen LogP contribution is 2.26. The van der Waals surface area contributed by atoms with E-state index in [4.69, 9.17) is 4.74 Å². The number of hydrogen-bond acceptors (Lipinski definition) is 5. The van der Waals surface area contributed by atoms with E-state index in [0.717, 1.165) is 37.4 Å². The van der Waals surface area contributed by atoms with Crippen molar-refractivity contribution in [1.29, 1.82) is 0 Å². The molecule has 0 bridgehead atoms. The Bertz CT molecular complexity index is 667. The van der Waals surface area contributed by atoms with Gasteiger partial charge in [-0.15, -0.1) is 0 Å². The molecule has 1 fully saturated rings. The molecule has 1 saturated heterocycles. The van der Waals surface area contributed by atoms with Crippen LogP contribution in [0.3, 0.4) is 0 Å². The minimum atomic E-state index is -0.0451. The van der Waals surface area contributed by atoms with Gasteiger partial charge in [-0.2, -0.15) is 0 Å². The molecule has 0 atom stereocenters. The zero-order valence-corrected chi connectivity index (χ0v) is 13.2. The van der Waals surface area contributed by atoms with Gasteiger partial charge in [-0.3, -0.25) is 4.79 Å². The molecule has 0 saturated carbocycles. The molecular formula is C17H20N4O2. The molecule has 0 aliphatic carbocycles. The first-order valence-electron chi connectivity index (χ1n) is 7.88. The lowest BCUT2D eigenvalue weighted by molar-refractivity contribution is 0.0786. The minimum absolute atomic E-state index is 0.0451. The number of amides is 1. The van der Waals surface area contributed by atoms with Gasteiger partial charge < -0.3 is 15.0 Å². The lowest BCUT2D eigenvalue weighted by Gasteiger charge is -2.14. The lowest BCUT2D eigenvalue weighted by atomic mass is 10.3. The second kappa shape index (κ2) is 7.09. The monoisotopic (exact) mass is 312 g/mol. The van der Waals surface area contributed by atoms with Crippen LogP contribution in [0.15, 0.2) is 36.7 Å². The first kappa shape index (κ1) is 15.3. The highest BCUT2D eigenvalue weighted by molar-refractivity contribution is 5.92. The number of aromatic nitrogens is 2. The third-order valence-electron chi connectivity index (χ3n) is 3.71. The van der Waals surface area contributed by atoms with Gasteiger partial charge in [-0.05, 0) is 31.9 Å². The molecular weight excluding hydrogens is 292 g/mol. The SMILES string of the molecule is CCOc1ccccc1Nc1cnc(C(=O)N2CCCC2)cn1. The molecule has 120 valence electrons. The maximum absolute atomic E-state index is 12.2. The largest absolute Gasteiger partial charge is 0.492 e. The zero-order chi connectivity index (χ0) is 16.1. The number of ether oxygens (including phenoxy) is 1. The number of para-hydroxylation sites is 2. The average Bonchev–Trinajstić information content (AvgIpc) is 3.11. The fourth-order valence-electron chi connectivity index (χ4n) is 2.57. The number of hydrogen-bond donors (Lipinski definition) is 1. The van der Waals surface area contributed by atoms with Gasteiger partial charge in [0.15, 0.2) is 0 Å². The number of anilines is 2. The quantitative estimate of drug-likeness (QED) is 0.919. The first-order chi connectivity index (χ1) is 11.3. The normalized spacial score (nSPS) is 13.9.